The first-order valence-electron chi connectivity index (χ1n) is 7.47. The maximum Gasteiger partial charge on any atom is 0.337 e. The number of carbonyl (C=O) groups is 2. The van der Waals surface area contributed by atoms with E-state index in [4.69, 9.17) is 14.6 Å². The first-order valence-corrected chi connectivity index (χ1v) is 7.47. The van der Waals surface area contributed by atoms with Crippen LogP contribution < -0.4 is 10.1 Å². The minimum Gasteiger partial charge on any atom is -0.491 e. The molecule has 1 aromatic rings. The Morgan fingerprint density at radius 3 is 2.91 bits per heavy atom. The number of ether oxygens (including phenoxy) is 2. The molecular weight excluding hydrogens is 302 g/mol. The van der Waals surface area contributed by atoms with Gasteiger partial charge in [-0.05, 0) is 38.0 Å². The first-order chi connectivity index (χ1) is 10.9. The van der Waals surface area contributed by atoms with E-state index in [1.165, 1.54) is 0 Å². The number of aliphatic carboxylic acids is 1. The average Bonchev–Trinajstić information content (AvgIpc) is 3.04. The molecule has 2 atom stereocenters. The van der Waals surface area contributed by atoms with Crippen molar-refractivity contribution < 1.29 is 29.3 Å². The summed E-state index contributed by atoms with van der Waals surface area (Å²) < 4.78 is 11.1. The van der Waals surface area contributed by atoms with Crippen LogP contribution in [0, 0.1) is 0 Å². The van der Waals surface area contributed by atoms with Crippen molar-refractivity contribution in [2.24, 2.45) is 0 Å². The van der Waals surface area contributed by atoms with Crippen molar-refractivity contribution in [2.45, 2.75) is 31.5 Å². The van der Waals surface area contributed by atoms with Crippen LogP contribution in [0.4, 0.5) is 0 Å². The van der Waals surface area contributed by atoms with Gasteiger partial charge in [-0.2, -0.15) is 0 Å². The lowest BCUT2D eigenvalue weighted by atomic mass is 10.1. The fraction of sp³-hybridized carbons (Fsp3) is 0.500. The van der Waals surface area contributed by atoms with Crippen LogP contribution in [0.1, 0.15) is 30.1 Å². The molecule has 0 bridgehead atoms. The molecule has 1 aliphatic heterocycles. The zero-order valence-corrected chi connectivity index (χ0v) is 12.9. The van der Waals surface area contributed by atoms with Crippen LogP contribution in [0.2, 0.25) is 0 Å². The lowest BCUT2D eigenvalue weighted by molar-refractivity contribution is -0.155. The third kappa shape index (κ3) is 4.94. The van der Waals surface area contributed by atoms with Crippen LogP contribution in [0.3, 0.4) is 0 Å². The monoisotopic (exact) mass is 323 g/mol. The predicted molar refractivity (Wildman–Crippen MR) is 81.5 cm³/mol. The number of nitrogens with one attached hydrogen (secondary N) is 1. The third-order valence-electron chi connectivity index (χ3n) is 3.61. The Kier molecular flexibility index (Phi) is 5.57. The van der Waals surface area contributed by atoms with Gasteiger partial charge in [0.05, 0.1) is 12.6 Å². The largest absolute Gasteiger partial charge is 0.491 e. The lowest BCUT2D eigenvalue weighted by Crippen LogP contribution is -2.46. The van der Waals surface area contributed by atoms with E-state index in [-0.39, 0.29) is 12.6 Å². The number of benzene rings is 1. The Morgan fingerprint density at radius 1 is 1.48 bits per heavy atom. The molecule has 1 heterocycles. The van der Waals surface area contributed by atoms with Crippen molar-refractivity contribution in [1.82, 2.24) is 5.32 Å². The summed E-state index contributed by atoms with van der Waals surface area (Å²) in [5, 5.41) is 20.8. The molecule has 1 amide bonds. The lowest BCUT2D eigenvalue weighted by Gasteiger charge is -2.18. The van der Waals surface area contributed by atoms with Crippen molar-refractivity contribution in [3.63, 3.8) is 0 Å². The summed E-state index contributed by atoms with van der Waals surface area (Å²) in [4.78, 5) is 22.8. The molecule has 2 unspecified atom stereocenters. The predicted octanol–water partition coefficient (Wildman–Crippen LogP) is 0.810. The van der Waals surface area contributed by atoms with E-state index in [1.807, 2.05) is 0 Å². The number of carboxylic acids is 1. The van der Waals surface area contributed by atoms with Gasteiger partial charge in [-0.25, -0.2) is 4.79 Å². The van der Waals surface area contributed by atoms with Crippen LogP contribution in [-0.2, 0) is 9.53 Å². The molecule has 0 radical (unpaired) electrons. The molecule has 0 aromatic heterocycles. The second-order valence-electron chi connectivity index (χ2n) is 5.74. The summed E-state index contributed by atoms with van der Waals surface area (Å²) in [5.41, 5.74) is -1.68. The molecule has 1 aromatic carbocycles. The van der Waals surface area contributed by atoms with E-state index >= 15 is 0 Å². The zero-order valence-electron chi connectivity index (χ0n) is 12.9. The van der Waals surface area contributed by atoms with Gasteiger partial charge in [-0.3, -0.25) is 4.79 Å². The number of aliphatic hydroxyl groups is 1. The van der Waals surface area contributed by atoms with E-state index in [9.17, 15) is 14.7 Å². The molecule has 7 heteroatoms. The SMILES string of the molecule is CC(O)(CNC(=O)c1cccc(OCC2CCCO2)c1)C(=O)O. The molecule has 2 rings (SSSR count). The van der Waals surface area contributed by atoms with Crippen molar-refractivity contribution in [3.05, 3.63) is 29.8 Å². The van der Waals surface area contributed by atoms with Crippen LogP contribution in [0.25, 0.3) is 0 Å². The highest BCUT2D eigenvalue weighted by molar-refractivity contribution is 5.95. The Morgan fingerprint density at radius 2 is 2.26 bits per heavy atom. The molecule has 0 spiro atoms. The third-order valence-corrected chi connectivity index (χ3v) is 3.61. The molecule has 1 aliphatic rings. The Balaban J connectivity index is 1.90. The normalized spacial score (nSPS) is 19.8. The van der Waals surface area contributed by atoms with Crippen molar-refractivity contribution >= 4 is 11.9 Å². The van der Waals surface area contributed by atoms with Gasteiger partial charge in [0.2, 0.25) is 0 Å². The molecule has 1 fully saturated rings. The Labute approximate surface area is 134 Å². The fourth-order valence-electron chi connectivity index (χ4n) is 2.12. The van der Waals surface area contributed by atoms with E-state index in [1.54, 1.807) is 24.3 Å². The van der Waals surface area contributed by atoms with E-state index in [0.29, 0.717) is 17.9 Å². The second kappa shape index (κ2) is 7.43. The Hall–Kier alpha value is -2.12. The van der Waals surface area contributed by atoms with E-state index < -0.39 is 17.5 Å². The first kappa shape index (κ1) is 17.2. The molecule has 7 nitrogen and oxygen atoms in total. The standard InChI is InChI=1S/C16H21NO6/c1-16(21,15(19)20)10-17-14(18)11-4-2-5-12(8-11)23-9-13-6-3-7-22-13/h2,4-5,8,13,21H,3,6-7,9-10H2,1H3,(H,17,18)(H,19,20). The van der Waals surface area contributed by atoms with Gasteiger partial charge in [0.25, 0.3) is 5.91 Å². The minimum atomic E-state index is -2.01. The minimum absolute atomic E-state index is 0.0816. The second-order valence-corrected chi connectivity index (χ2v) is 5.74. The van der Waals surface area contributed by atoms with Gasteiger partial charge in [0, 0.05) is 12.2 Å². The van der Waals surface area contributed by atoms with Crippen LogP contribution in [-0.4, -0.2) is 53.6 Å². The molecule has 23 heavy (non-hydrogen) atoms. The maximum absolute atomic E-state index is 12.0. The average molecular weight is 323 g/mol. The molecule has 3 N–H and O–H groups in total. The molecule has 126 valence electrons. The van der Waals surface area contributed by atoms with E-state index in [2.05, 4.69) is 5.32 Å². The van der Waals surface area contributed by atoms with E-state index in [0.717, 1.165) is 26.4 Å². The molecule has 0 aliphatic carbocycles. The smallest absolute Gasteiger partial charge is 0.337 e. The van der Waals surface area contributed by atoms with Crippen molar-refractivity contribution in [1.29, 1.82) is 0 Å². The van der Waals surface area contributed by atoms with Gasteiger partial charge < -0.3 is 25.0 Å². The number of rotatable bonds is 7. The molecular formula is C16H21NO6. The number of carbonyl (C=O) groups excluding carboxylic acids is 1. The summed E-state index contributed by atoms with van der Waals surface area (Å²) in [6.07, 6.45) is 2.07. The van der Waals surface area contributed by atoms with Crippen LogP contribution >= 0.6 is 0 Å². The number of hydrogen-bond acceptors (Lipinski definition) is 5. The highest BCUT2D eigenvalue weighted by atomic mass is 16.5. The quantitative estimate of drug-likeness (QED) is 0.686. The van der Waals surface area contributed by atoms with Crippen LogP contribution in [0.5, 0.6) is 5.75 Å². The van der Waals surface area contributed by atoms with Gasteiger partial charge in [-0.15, -0.1) is 0 Å². The number of carboxylic acid groups (broad SMARTS) is 1. The summed E-state index contributed by atoms with van der Waals surface area (Å²) >= 11 is 0. The number of hydrogen-bond donors (Lipinski definition) is 3. The highest BCUT2D eigenvalue weighted by Crippen LogP contribution is 2.17. The van der Waals surface area contributed by atoms with Crippen molar-refractivity contribution in [2.75, 3.05) is 19.8 Å². The summed E-state index contributed by atoms with van der Waals surface area (Å²) in [5.74, 6) is -1.33. The van der Waals surface area contributed by atoms with Crippen LogP contribution in [0.15, 0.2) is 24.3 Å². The zero-order chi connectivity index (χ0) is 16.9. The fourth-order valence-corrected chi connectivity index (χ4v) is 2.12. The summed E-state index contributed by atoms with van der Waals surface area (Å²) in [7, 11) is 0. The summed E-state index contributed by atoms with van der Waals surface area (Å²) in [6, 6.07) is 6.57. The van der Waals surface area contributed by atoms with Crippen molar-refractivity contribution in [3.8, 4) is 5.75 Å². The van der Waals surface area contributed by atoms with Gasteiger partial charge >= 0.3 is 5.97 Å². The number of amides is 1. The van der Waals surface area contributed by atoms with Gasteiger partial charge in [0.1, 0.15) is 12.4 Å². The van der Waals surface area contributed by atoms with Gasteiger partial charge in [-0.1, -0.05) is 6.07 Å². The molecule has 0 saturated carbocycles. The summed E-state index contributed by atoms with van der Waals surface area (Å²) in [6.45, 7) is 1.91. The topological polar surface area (TPSA) is 105 Å². The van der Waals surface area contributed by atoms with Gasteiger partial charge in [0.15, 0.2) is 5.60 Å². The maximum atomic E-state index is 12.0. The highest BCUT2D eigenvalue weighted by Gasteiger charge is 2.30. The Bertz CT molecular complexity index is 565. The molecule has 1 saturated heterocycles.